The van der Waals surface area contributed by atoms with Crippen LogP contribution in [0.3, 0.4) is 0 Å². The van der Waals surface area contributed by atoms with Crippen molar-refractivity contribution >= 4 is 21.6 Å². The van der Waals surface area contributed by atoms with Crippen molar-refractivity contribution in [3.05, 3.63) is 0 Å². The molecular weight excluding hydrogens is 220 g/mol. The van der Waals surface area contributed by atoms with Gasteiger partial charge in [0.15, 0.2) is 9.84 Å². The minimum atomic E-state index is -2.99. The number of aliphatic hydroxyl groups excluding tert-OH is 1. The number of rotatable bonds is 3. The number of hydrogen-bond donors (Lipinski definition) is 1. The molecule has 3 nitrogen and oxygen atoms in total. The third-order valence-corrected chi connectivity index (χ3v) is 6.33. The average Bonchev–Trinajstić information content (AvgIpc) is 2.24. The van der Waals surface area contributed by atoms with Gasteiger partial charge in [-0.1, -0.05) is 20.8 Å². The molecule has 0 bridgehead atoms. The maximum absolute atomic E-state index is 11.2. The van der Waals surface area contributed by atoms with Crippen LogP contribution in [-0.2, 0) is 9.84 Å². The van der Waals surface area contributed by atoms with Crippen molar-refractivity contribution in [2.24, 2.45) is 5.92 Å². The van der Waals surface area contributed by atoms with Crippen LogP contribution in [0, 0.1) is 5.92 Å². The van der Waals surface area contributed by atoms with E-state index in [-0.39, 0.29) is 16.8 Å². The highest BCUT2D eigenvalue weighted by Gasteiger charge is 2.37. The Bertz CT molecular complexity index is 284. The molecule has 0 aromatic carbocycles. The number of sulfone groups is 1. The van der Waals surface area contributed by atoms with E-state index in [1.165, 1.54) is 0 Å². The van der Waals surface area contributed by atoms with Gasteiger partial charge in [-0.25, -0.2) is 8.42 Å². The van der Waals surface area contributed by atoms with Crippen LogP contribution in [-0.4, -0.2) is 41.6 Å². The minimum Gasteiger partial charge on any atom is -0.391 e. The van der Waals surface area contributed by atoms with Crippen LogP contribution in [0.1, 0.15) is 20.8 Å². The average molecular weight is 238 g/mol. The summed E-state index contributed by atoms with van der Waals surface area (Å²) in [5.41, 5.74) is 0. The molecular formula is C9H18O3S2. The van der Waals surface area contributed by atoms with E-state index in [0.717, 1.165) is 0 Å². The predicted octanol–water partition coefficient (Wildman–Crippen LogP) is 0.922. The SMILES string of the molecule is CC(C)C(C)SC1CS(=O)(=O)CC1O. The smallest absolute Gasteiger partial charge is 0.154 e. The Morgan fingerprint density at radius 2 is 1.86 bits per heavy atom. The summed E-state index contributed by atoms with van der Waals surface area (Å²) < 4.78 is 22.5. The summed E-state index contributed by atoms with van der Waals surface area (Å²) in [6.45, 7) is 6.29. The van der Waals surface area contributed by atoms with Gasteiger partial charge in [-0.15, -0.1) is 0 Å². The Morgan fingerprint density at radius 1 is 1.29 bits per heavy atom. The molecule has 1 aliphatic rings. The first kappa shape index (κ1) is 12.3. The van der Waals surface area contributed by atoms with Crippen LogP contribution in [0.25, 0.3) is 0 Å². The summed E-state index contributed by atoms with van der Waals surface area (Å²) in [6, 6.07) is 0. The molecule has 3 atom stereocenters. The van der Waals surface area contributed by atoms with E-state index in [0.29, 0.717) is 11.2 Å². The van der Waals surface area contributed by atoms with Gasteiger partial charge < -0.3 is 5.11 Å². The van der Waals surface area contributed by atoms with Gasteiger partial charge in [-0.2, -0.15) is 11.8 Å². The molecule has 0 amide bonds. The highest BCUT2D eigenvalue weighted by atomic mass is 32.2. The van der Waals surface area contributed by atoms with Gasteiger partial charge in [0.2, 0.25) is 0 Å². The quantitative estimate of drug-likeness (QED) is 0.794. The predicted molar refractivity (Wildman–Crippen MR) is 60.3 cm³/mol. The Kier molecular flexibility index (Phi) is 3.88. The minimum absolute atomic E-state index is 0.0600. The molecule has 3 unspecified atom stereocenters. The molecule has 0 aliphatic carbocycles. The first-order valence-corrected chi connectivity index (χ1v) is 7.62. The molecule has 1 aliphatic heterocycles. The maximum Gasteiger partial charge on any atom is 0.154 e. The van der Waals surface area contributed by atoms with Crippen molar-refractivity contribution in [2.45, 2.75) is 37.4 Å². The van der Waals surface area contributed by atoms with E-state index in [1.807, 2.05) is 0 Å². The zero-order valence-electron chi connectivity index (χ0n) is 8.80. The Hall–Kier alpha value is 0.260. The largest absolute Gasteiger partial charge is 0.391 e. The Labute approximate surface area is 90.2 Å². The lowest BCUT2D eigenvalue weighted by molar-refractivity contribution is 0.207. The van der Waals surface area contributed by atoms with Gasteiger partial charge in [0.05, 0.1) is 17.6 Å². The lowest BCUT2D eigenvalue weighted by atomic mass is 10.2. The first-order chi connectivity index (χ1) is 6.32. The summed E-state index contributed by atoms with van der Waals surface area (Å²) in [5, 5.41) is 9.82. The van der Waals surface area contributed by atoms with Gasteiger partial charge in [-0.05, 0) is 5.92 Å². The topological polar surface area (TPSA) is 54.4 Å². The number of aliphatic hydroxyl groups is 1. The molecule has 1 rings (SSSR count). The molecule has 0 aromatic heterocycles. The zero-order valence-corrected chi connectivity index (χ0v) is 10.4. The molecule has 1 N–H and O–H groups in total. The molecule has 5 heteroatoms. The van der Waals surface area contributed by atoms with Crippen LogP contribution in [0.5, 0.6) is 0 Å². The van der Waals surface area contributed by atoms with Gasteiger partial charge in [-0.3, -0.25) is 0 Å². The van der Waals surface area contributed by atoms with Crippen molar-refractivity contribution in [1.29, 1.82) is 0 Å². The van der Waals surface area contributed by atoms with Crippen LogP contribution < -0.4 is 0 Å². The lowest BCUT2D eigenvalue weighted by Crippen LogP contribution is -2.24. The maximum atomic E-state index is 11.2. The van der Waals surface area contributed by atoms with E-state index in [4.69, 9.17) is 0 Å². The molecule has 0 saturated carbocycles. The number of hydrogen-bond acceptors (Lipinski definition) is 4. The second-order valence-corrected chi connectivity index (χ2v) is 8.04. The molecule has 1 fully saturated rings. The third kappa shape index (κ3) is 3.14. The van der Waals surface area contributed by atoms with Crippen molar-refractivity contribution in [3.63, 3.8) is 0 Å². The van der Waals surface area contributed by atoms with Gasteiger partial charge >= 0.3 is 0 Å². The molecule has 1 saturated heterocycles. The van der Waals surface area contributed by atoms with E-state index in [9.17, 15) is 13.5 Å². The fourth-order valence-corrected chi connectivity index (χ4v) is 5.17. The monoisotopic (exact) mass is 238 g/mol. The zero-order chi connectivity index (χ0) is 10.9. The van der Waals surface area contributed by atoms with E-state index >= 15 is 0 Å². The summed E-state index contributed by atoms with van der Waals surface area (Å²) >= 11 is 1.60. The highest BCUT2D eigenvalue weighted by Crippen LogP contribution is 2.31. The second kappa shape index (κ2) is 4.41. The van der Waals surface area contributed by atoms with Crippen molar-refractivity contribution in [3.8, 4) is 0 Å². The second-order valence-electron chi connectivity index (χ2n) is 4.27. The molecule has 0 radical (unpaired) electrons. The van der Waals surface area contributed by atoms with Crippen LogP contribution in [0.15, 0.2) is 0 Å². The Morgan fingerprint density at radius 3 is 2.21 bits per heavy atom. The fraction of sp³-hybridized carbons (Fsp3) is 1.00. The van der Waals surface area contributed by atoms with Gasteiger partial charge in [0.25, 0.3) is 0 Å². The summed E-state index contributed by atoms with van der Waals surface area (Å²) in [4.78, 5) is 0. The number of thioether (sulfide) groups is 1. The molecule has 84 valence electrons. The lowest BCUT2D eigenvalue weighted by Gasteiger charge is -2.20. The molecule has 1 heterocycles. The fourth-order valence-electron chi connectivity index (χ4n) is 1.36. The third-order valence-electron chi connectivity index (χ3n) is 2.60. The highest BCUT2D eigenvalue weighted by molar-refractivity contribution is 8.02. The van der Waals surface area contributed by atoms with Crippen LogP contribution in [0.4, 0.5) is 0 Å². The van der Waals surface area contributed by atoms with Crippen LogP contribution in [0.2, 0.25) is 0 Å². The first-order valence-electron chi connectivity index (χ1n) is 4.86. The van der Waals surface area contributed by atoms with Crippen molar-refractivity contribution < 1.29 is 13.5 Å². The standard InChI is InChI=1S/C9H18O3S2/c1-6(2)7(3)13-9-5-14(11,12)4-8(9)10/h6-10H,4-5H2,1-3H3. The normalized spacial score (nSPS) is 33.5. The van der Waals surface area contributed by atoms with Crippen LogP contribution >= 0.6 is 11.8 Å². The summed E-state index contributed by atoms with van der Waals surface area (Å²) in [6.07, 6.45) is -0.675. The molecule has 0 spiro atoms. The van der Waals surface area contributed by atoms with Crippen molar-refractivity contribution in [1.82, 2.24) is 0 Å². The summed E-state index contributed by atoms with van der Waals surface area (Å²) in [7, 11) is -2.99. The van der Waals surface area contributed by atoms with Gasteiger partial charge in [0, 0.05) is 10.5 Å². The van der Waals surface area contributed by atoms with E-state index < -0.39 is 15.9 Å². The van der Waals surface area contributed by atoms with Gasteiger partial charge in [0.1, 0.15) is 0 Å². The molecule has 14 heavy (non-hydrogen) atoms. The van der Waals surface area contributed by atoms with Crippen molar-refractivity contribution in [2.75, 3.05) is 11.5 Å². The van der Waals surface area contributed by atoms with E-state index in [1.54, 1.807) is 11.8 Å². The Balaban J connectivity index is 2.55. The molecule has 0 aromatic rings. The van der Waals surface area contributed by atoms with E-state index in [2.05, 4.69) is 20.8 Å². The summed E-state index contributed by atoms with van der Waals surface area (Å²) in [5.74, 6) is 0.585.